The summed E-state index contributed by atoms with van der Waals surface area (Å²) in [6, 6.07) is 5.13. The minimum Gasteiger partial charge on any atom is -0.454 e. The third kappa shape index (κ3) is 0.606. The summed E-state index contributed by atoms with van der Waals surface area (Å²) >= 11 is 0. The molecular formula is C5H4NO+. The SMILES string of the molecule is N#Cc1ccco1.[H+]. The Morgan fingerprint density at radius 3 is 3.00 bits per heavy atom. The van der Waals surface area contributed by atoms with Crippen LogP contribution in [0, 0.1) is 11.3 Å². The zero-order valence-corrected chi connectivity index (χ0v) is 3.59. The van der Waals surface area contributed by atoms with Gasteiger partial charge in [-0.15, -0.1) is 0 Å². The van der Waals surface area contributed by atoms with Crippen molar-refractivity contribution in [1.29, 1.82) is 5.26 Å². The first kappa shape index (κ1) is 3.94. The van der Waals surface area contributed by atoms with E-state index >= 15 is 0 Å². The van der Waals surface area contributed by atoms with Gasteiger partial charge in [0, 0.05) is 0 Å². The van der Waals surface area contributed by atoms with E-state index in [1.807, 2.05) is 6.07 Å². The van der Waals surface area contributed by atoms with Gasteiger partial charge < -0.3 is 4.42 Å². The second-order valence-electron chi connectivity index (χ2n) is 1.09. The molecule has 0 unspecified atom stereocenters. The minimum atomic E-state index is 0. The van der Waals surface area contributed by atoms with Crippen molar-refractivity contribution in [3.05, 3.63) is 24.2 Å². The predicted molar refractivity (Wildman–Crippen MR) is 24.5 cm³/mol. The maximum Gasteiger partial charge on any atom is 1.00 e. The van der Waals surface area contributed by atoms with Crippen LogP contribution in [0.5, 0.6) is 0 Å². The Hall–Kier alpha value is -1.23. The molecule has 0 radical (unpaired) electrons. The van der Waals surface area contributed by atoms with Gasteiger partial charge in [0.25, 0.3) is 0 Å². The lowest BCUT2D eigenvalue weighted by Gasteiger charge is -1.65. The standard InChI is InChI=1S/C5H3NO/c6-4-5-2-1-3-7-5/h1-3H/p+1. The summed E-state index contributed by atoms with van der Waals surface area (Å²) in [5, 5.41) is 8.08. The van der Waals surface area contributed by atoms with Gasteiger partial charge in [0.2, 0.25) is 5.76 Å². The van der Waals surface area contributed by atoms with Gasteiger partial charge in [-0.3, -0.25) is 0 Å². The van der Waals surface area contributed by atoms with Gasteiger partial charge in [0.15, 0.2) is 0 Å². The second kappa shape index (κ2) is 1.48. The van der Waals surface area contributed by atoms with Crippen LogP contribution in [0.4, 0.5) is 0 Å². The van der Waals surface area contributed by atoms with E-state index in [0.29, 0.717) is 5.76 Å². The fourth-order valence-electron chi connectivity index (χ4n) is 0.342. The Balaban J connectivity index is 0.000000490. The lowest BCUT2D eigenvalue weighted by Crippen LogP contribution is -1.54. The predicted octanol–water partition coefficient (Wildman–Crippen LogP) is 1.26. The Labute approximate surface area is 42.5 Å². The van der Waals surface area contributed by atoms with Crippen LogP contribution in [0.1, 0.15) is 7.19 Å². The Kier molecular flexibility index (Phi) is 0.833. The van der Waals surface area contributed by atoms with E-state index in [2.05, 4.69) is 4.42 Å². The molecule has 0 saturated carbocycles. The molecule has 0 amide bonds. The van der Waals surface area contributed by atoms with Crippen molar-refractivity contribution in [3.63, 3.8) is 0 Å². The van der Waals surface area contributed by atoms with Crippen LogP contribution >= 0.6 is 0 Å². The van der Waals surface area contributed by atoms with Gasteiger partial charge >= 0.3 is 1.43 Å². The Morgan fingerprint density at radius 2 is 2.71 bits per heavy atom. The van der Waals surface area contributed by atoms with Crippen molar-refractivity contribution in [2.24, 2.45) is 0 Å². The van der Waals surface area contributed by atoms with Crippen LogP contribution in [0.15, 0.2) is 22.8 Å². The monoisotopic (exact) mass is 94.0 g/mol. The Morgan fingerprint density at radius 1 is 1.86 bits per heavy atom. The Bertz CT molecular complexity index is 175. The van der Waals surface area contributed by atoms with Gasteiger partial charge in [-0.05, 0) is 12.1 Å². The molecule has 1 aromatic heterocycles. The molecule has 0 atom stereocenters. The molecule has 2 nitrogen and oxygen atoms in total. The van der Waals surface area contributed by atoms with Crippen LogP contribution in [0.25, 0.3) is 0 Å². The molecule has 0 aliphatic carbocycles. The number of hydrogen-bond donors (Lipinski definition) is 0. The first-order chi connectivity index (χ1) is 3.43. The van der Waals surface area contributed by atoms with Crippen LogP contribution in [0.2, 0.25) is 0 Å². The highest BCUT2D eigenvalue weighted by Gasteiger charge is 1.84. The zero-order valence-electron chi connectivity index (χ0n) is 4.59. The van der Waals surface area contributed by atoms with Crippen molar-refractivity contribution in [1.82, 2.24) is 0 Å². The molecule has 0 aromatic carbocycles. The second-order valence-corrected chi connectivity index (χ2v) is 1.09. The van der Waals surface area contributed by atoms with Crippen molar-refractivity contribution in [2.75, 3.05) is 0 Å². The molecule has 2 heteroatoms. The highest BCUT2D eigenvalue weighted by Crippen LogP contribution is 1.94. The van der Waals surface area contributed by atoms with Gasteiger partial charge in [-0.2, -0.15) is 5.26 Å². The molecule has 0 aliphatic rings. The minimum absolute atomic E-state index is 0. The van der Waals surface area contributed by atoms with Crippen LogP contribution in [-0.2, 0) is 0 Å². The number of hydrogen-bond acceptors (Lipinski definition) is 2. The number of nitriles is 1. The summed E-state index contributed by atoms with van der Waals surface area (Å²) in [7, 11) is 0. The fourth-order valence-corrected chi connectivity index (χ4v) is 0.342. The maximum absolute atomic E-state index is 8.08. The first-order valence-electron chi connectivity index (χ1n) is 1.87. The summed E-state index contributed by atoms with van der Waals surface area (Å²) < 4.78 is 4.62. The van der Waals surface area contributed by atoms with Gasteiger partial charge in [-0.25, -0.2) is 0 Å². The molecule has 1 aromatic rings. The molecule has 0 bridgehead atoms. The largest absolute Gasteiger partial charge is 1.00 e. The maximum atomic E-state index is 8.08. The number of furan rings is 1. The first-order valence-corrected chi connectivity index (χ1v) is 1.87. The summed E-state index contributed by atoms with van der Waals surface area (Å²) in [5.41, 5.74) is 0. The van der Waals surface area contributed by atoms with E-state index in [4.69, 9.17) is 5.26 Å². The molecule has 0 aliphatic heterocycles. The van der Waals surface area contributed by atoms with E-state index in [1.54, 1.807) is 12.1 Å². The normalized spacial score (nSPS) is 7.86. The summed E-state index contributed by atoms with van der Waals surface area (Å²) in [5.74, 6) is 0.361. The van der Waals surface area contributed by atoms with E-state index < -0.39 is 0 Å². The van der Waals surface area contributed by atoms with Crippen LogP contribution < -0.4 is 0 Å². The quantitative estimate of drug-likeness (QED) is 0.485. The van der Waals surface area contributed by atoms with Crippen molar-refractivity contribution in [3.8, 4) is 6.07 Å². The van der Waals surface area contributed by atoms with E-state index in [9.17, 15) is 0 Å². The van der Waals surface area contributed by atoms with Gasteiger partial charge in [0.1, 0.15) is 6.07 Å². The van der Waals surface area contributed by atoms with E-state index in [1.165, 1.54) is 6.26 Å². The third-order valence-corrected chi connectivity index (χ3v) is 0.631. The lowest BCUT2D eigenvalue weighted by atomic mass is 10.5. The molecule has 0 spiro atoms. The molecule has 0 saturated heterocycles. The topological polar surface area (TPSA) is 36.9 Å². The molecular weight excluding hydrogens is 90.1 g/mol. The zero-order chi connectivity index (χ0) is 5.11. The van der Waals surface area contributed by atoms with Crippen molar-refractivity contribution < 1.29 is 5.84 Å². The molecule has 1 heterocycles. The van der Waals surface area contributed by atoms with Crippen molar-refractivity contribution in [2.45, 2.75) is 0 Å². The number of nitrogens with zero attached hydrogens (tertiary/aromatic N) is 1. The molecule has 34 valence electrons. The number of rotatable bonds is 0. The molecule has 1 rings (SSSR count). The highest BCUT2D eigenvalue weighted by atomic mass is 16.3. The molecule has 0 N–H and O–H groups in total. The van der Waals surface area contributed by atoms with Crippen molar-refractivity contribution >= 4 is 0 Å². The summed E-state index contributed by atoms with van der Waals surface area (Å²) in [4.78, 5) is 0. The average molecular weight is 94.1 g/mol. The van der Waals surface area contributed by atoms with Gasteiger partial charge in [-0.1, -0.05) is 0 Å². The third-order valence-electron chi connectivity index (χ3n) is 0.631. The smallest absolute Gasteiger partial charge is 0.454 e. The van der Waals surface area contributed by atoms with Gasteiger partial charge in [0.05, 0.1) is 6.26 Å². The van der Waals surface area contributed by atoms with E-state index in [0.717, 1.165) is 0 Å². The summed E-state index contributed by atoms with van der Waals surface area (Å²) in [6.45, 7) is 0. The lowest BCUT2D eigenvalue weighted by molar-refractivity contribution is 0.553. The van der Waals surface area contributed by atoms with E-state index in [-0.39, 0.29) is 1.43 Å². The van der Waals surface area contributed by atoms with Crippen LogP contribution in [0.3, 0.4) is 0 Å². The molecule has 7 heavy (non-hydrogen) atoms. The average Bonchev–Trinajstić information content (AvgIpc) is 2.14. The van der Waals surface area contributed by atoms with Crippen LogP contribution in [-0.4, -0.2) is 0 Å². The summed E-state index contributed by atoms with van der Waals surface area (Å²) in [6.07, 6.45) is 1.47. The highest BCUT2D eigenvalue weighted by molar-refractivity contribution is 5.14. The fraction of sp³-hybridized carbons (Fsp3) is 0. The molecule has 0 fully saturated rings.